The van der Waals surface area contributed by atoms with E-state index in [0.29, 0.717) is 5.92 Å². The first-order chi connectivity index (χ1) is 9.83. The van der Waals surface area contributed by atoms with E-state index in [4.69, 9.17) is 4.74 Å². The van der Waals surface area contributed by atoms with E-state index in [0.717, 1.165) is 12.2 Å². The molecule has 1 radical (unpaired) electrons. The lowest BCUT2D eigenvalue weighted by Crippen LogP contribution is -2.16. The summed E-state index contributed by atoms with van der Waals surface area (Å²) in [5.41, 5.74) is 3.22. The molecule has 0 N–H and O–H groups in total. The van der Waals surface area contributed by atoms with Crippen molar-refractivity contribution in [1.82, 2.24) is 4.98 Å². The Morgan fingerprint density at radius 1 is 1.30 bits per heavy atom. The van der Waals surface area contributed by atoms with Gasteiger partial charge in [-0.25, -0.2) is 0 Å². The Balaban J connectivity index is 1.70. The molecule has 0 amide bonds. The van der Waals surface area contributed by atoms with E-state index in [9.17, 15) is 0 Å². The van der Waals surface area contributed by atoms with Crippen molar-refractivity contribution in [3.8, 4) is 5.75 Å². The van der Waals surface area contributed by atoms with Gasteiger partial charge in [-0.1, -0.05) is 31.0 Å². The van der Waals surface area contributed by atoms with Crippen LogP contribution in [0.15, 0.2) is 36.0 Å². The van der Waals surface area contributed by atoms with Crippen molar-refractivity contribution in [3.05, 3.63) is 53.3 Å². The minimum atomic E-state index is -0.0574. The summed E-state index contributed by atoms with van der Waals surface area (Å²) in [6, 6.07) is 8.46. The van der Waals surface area contributed by atoms with Gasteiger partial charge < -0.3 is 4.74 Å². The summed E-state index contributed by atoms with van der Waals surface area (Å²) in [7, 11) is 0. The predicted molar refractivity (Wildman–Crippen MR) is 83.2 cm³/mol. The summed E-state index contributed by atoms with van der Waals surface area (Å²) >= 11 is 1.66. The summed E-state index contributed by atoms with van der Waals surface area (Å²) in [5, 5.41) is 0. The molecular formula is C17H20NOS. The summed E-state index contributed by atoms with van der Waals surface area (Å²) in [4.78, 5) is 5.32. The predicted octanol–water partition coefficient (Wildman–Crippen LogP) is 4.62. The smallest absolute Gasteiger partial charge is 0.123 e. The van der Waals surface area contributed by atoms with E-state index >= 15 is 0 Å². The van der Waals surface area contributed by atoms with E-state index in [2.05, 4.69) is 30.1 Å². The first-order valence-corrected chi connectivity index (χ1v) is 8.17. The Labute approximate surface area is 124 Å². The van der Waals surface area contributed by atoms with Crippen LogP contribution in [0.2, 0.25) is 0 Å². The average molecular weight is 286 g/mol. The van der Waals surface area contributed by atoms with E-state index in [1.54, 1.807) is 11.3 Å². The van der Waals surface area contributed by atoms with Crippen LogP contribution in [-0.4, -0.2) is 11.1 Å². The van der Waals surface area contributed by atoms with Crippen molar-refractivity contribution < 1.29 is 4.74 Å². The van der Waals surface area contributed by atoms with Crippen LogP contribution in [0.5, 0.6) is 5.75 Å². The van der Waals surface area contributed by atoms with Gasteiger partial charge in [-0.2, -0.15) is 0 Å². The first kappa shape index (κ1) is 13.6. The van der Waals surface area contributed by atoms with Crippen LogP contribution in [-0.2, 0) is 6.42 Å². The van der Waals surface area contributed by atoms with Crippen molar-refractivity contribution in [1.29, 1.82) is 0 Å². The Morgan fingerprint density at radius 2 is 2.10 bits per heavy atom. The average Bonchev–Trinajstić information content (AvgIpc) is 3.11. The van der Waals surface area contributed by atoms with Gasteiger partial charge in [0, 0.05) is 17.5 Å². The monoisotopic (exact) mass is 286 g/mol. The van der Waals surface area contributed by atoms with Crippen LogP contribution in [0.1, 0.15) is 42.0 Å². The molecule has 2 nitrogen and oxygen atoms in total. The Bertz CT molecular complexity index is 532. The number of benzene rings is 1. The molecule has 1 aliphatic carbocycles. The number of rotatable bonds is 5. The lowest BCUT2D eigenvalue weighted by atomic mass is 9.97. The SMILES string of the molecule is [CH2]C(Cc1cncs1)Oc1ccccc1C1CCCC1. The van der Waals surface area contributed by atoms with Crippen LogP contribution in [0.4, 0.5) is 0 Å². The highest BCUT2D eigenvalue weighted by Crippen LogP contribution is 2.38. The van der Waals surface area contributed by atoms with Crippen LogP contribution in [0.3, 0.4) is 0 Å². The third-order valence-corrected chi connectivity index (χ3v) is 4.72. The number of thiazole rings is 1. The number of nitrogens with zero attached hydrogens (tertiary/aromatic N) is 1. The second-order valence-corrected chi connectivity index (χ2v) is 6.40. The Morgan fingerprint density at radius 3 is 2.85 bits per heavy atom. The third kappa shape index (κ3) is 3.21. The number of ether oxygens (including phenoxy) is 1. The fourth-order valence-electron chi connectivity index (χ4n) is 2.95. The van der Waals surface area contributed by atoms with Gasteiger partial charge in [0.25, 0.3) is 0 Å². The summed E-state index contributed by atoms with van der Waals surface area (Å²) in [5.74, 6) is 1.69. The molecule has 0 aliphatic heterocycles. The zero-order chi connectivity index (χ0) is 13.8. The Hall–Kier alpha value is -1.35. The number of hydrogen-bond donors (Lipinski definition) is 0. The largest absolute Gasteiger partial charge is 0.490 e. The number of para-hydroxylation sites is 1. The number of hydrogen-bond acceptors (Lipinski definition) is 3. The van der Waals surface area contributed by atoms with E-state index in [-0.39, 0.29) is 6.10 Å². The minimum absolute atomic E-state index is 0.0574. The minimum Gasteiger partial charge on any atom is -0.490 e. The molecule has 0 saturated heterocycles. The zero-order valence-corrected chi connectivity index (χ0v) is 12.4. The van der Waals surface area contributed by atoms with Gasteiger partial charge in [-0.05, 0) is 37.3 Å². The van der Waals surface area contributed by atoms with Gasteiger partial charge in [0.2, 0.25) is 0 Å². The molecule has 20 heavy (non-hydrogen) atoms. The molecule has 3 rings (SSSR count). The molecule has 3 heteroatoms. The molecule has 1 heterocycles. The van der Waals surface area contributed by atoms with E-state index in [1.165, 1.54) is 36.1 Å². The molecule has 1 aliphatic rings. The second-order valence-electron chi connectivity index (χ2n) is 5.43. The summed E-state index contributed by atoms with van der Waals surface area (Å²) in [6.07, 6.45) is 7.92. The van der Waals surface area contributed by atoms with Crippen LogP contribution in [0.25, 0.3) is 0 Å². The molecule has 0 spiro atoms. The van der Waals surface area contributed by atoms with Crippen molar-refractivity contribution in [2.24, 2.45) is 0 Å². The van der Waals surface area contributed by atoms with E-state index in [1.807, 2.05) is 17.8 Å². The van der Waals surface area contributed by atoms with Crippen molar-refractivity contribution in [2.45, 2.75) is 44.1 Å². The molecule has 105 valence electrons. The summed E-state index contributed by atoms with van der Waals surface area (Å²) < 4.78 is 6.10. The van der Waals surface area contributed by atoms with Gasteiger partial charge in [0.15, 0.2) is 0 Å². The third-order valence-electron chi connectivity index (χ3n) is 3.92. The highest BCUT2D eigenvalue weighted by molar-refractivity contribution is 7.09. The molecule has 1 saturated carbocycles. The molecule has 1 aromatic heterocycles. The van der Waals surface area contributed by atoms with Crippen molar-refractivity contribution in [2.75, 3.05) is 0 Å². The normalized spacial score (nSPS) is 17.2. The molecule has 1 fully saturated rings. The van der Waals surface area contributed by atoms with Crippen LogP contribution in [0, 0.1) is 6.92 Å². The quantitative estimate of drug-likeness (QED) is 0.800. The van der Waals surface area contributed by atoms with Gasteiger partial charge in [0.1, 0.15) is 11.9 Å². The zero-order valence-electron chi connectivity index (χ0n) is 11.6. The maximum atomic E-state index is 6.10. The highest BCUT2D eigenvalue weighted by Gasteiger charge is 2.21. The topological polar surface area (TPSA) is 22.1 Å². The molecule has 1 unspecified atom stereocenters. The fraction of sp³-hybridized carbons (Fsp3) is 0.412. The standard InChI is InChI=1S/C17H20NOS/c1-13(10-15-11-18-12-20-15)19-17-9-5-4-8-16(17)14-6-2-3-7-14/h4-5,8-9,11-14H,1-3,6-7,10H2. The van der Waals surface area contributed by atoms with Gasteiger partial charge in [0.05, 0.1) is 5.51 Å². The maximum absolute atomic E-state index is 6.10. The van der Waals surface area contributed by atoms with Gasteiger partial charge >= 0.3 is 0 Å². The summed E-state index contributed by atoms with van der Waals surface area (Å²) in [6.45, 7) is 4.13. The first-order valence-electron chi connectivity index (χ1n) is 7.29. The lowest BCUT2D eigenvalue weighted by molar-refractivity contribution is 0.244. The maximum Gasteiger partial charge on any atom is 0.123 e. The van der Waals surface area contributed by atoms with Gasteiger partial charge in [-0.15, -0.1) is 11.3 Å². The van der Waals surface area contributed by atoms with E-state index < -0.39 is 0 Å². The lowest BCUT2D eigenvalue weighted by Gasteiger charge is -2.19. The Kier molecular flexibility index (Phi) is 4.36. The van der Waals surface area contributed by atoms with Crippen LogP contribution < -0.4 is 4.74 Å². The fourth-order valence-corrected chi connectivity index (χ4v) is 3.61. The van der Waals surface area contributed by atoms with Gasteiger partial charge in [-0.3, -0.25) is 4.98 Å². The van der Waals surface area contributed by atoms with Crippen molar-refractivity contribution >= 4 is 11.3 Å². The highest BCUT2D eigenvalue weighted by atomic mass is 32.1. The second kappa shape index (κ2) is 6.40. The number of aromatic nitrogens is 1. The molecule has 0 bridgehead atoms. The molecule has 2 aromatic rings. The van der Waals surface area contributed by atoms with Crippen molar-refractivity contribution in [3.63, 3.8) is 0 Å². The molecular weight excluding hydrogens is 266 g/mol. The molecule has 1 atom stereocenters. The molecule has 1 aromatic carbocycles. The van der Waals surface area contributed by atoms with Crippen LogP contribution >= 0.6 is 11.3 Å².